The minimum Gasteiger partial charge on any atom is -0.298 e. The average molecular weight is 377 g/mol. The van der Waals surface area contributed by atoms with Crippen LogP contribution in [0.5, 0.6) is 0 Å². The molecule has 0 aliphatic rings. The number of anilines is 1. The molecule has 0 aliphatic carbocycles. The van der Waals surface area contributed by atoms with Gasteiger partial charge < -0.3 is 0 Å². The van der Waals surface area contributed by atoms with Gasteiger partial charge in [-0.1, -0.05) is 42.5 Å². The Bertz CT molecular complexity index is 1040. The summed E-state index contributed by atoms with van der Waals surface area (Å²) >= 11 is 3.02. The summed E-state index contributed by atoms with van der Waals surface area (Å²) in [6.45, 7) is 1.97. The molecule has 6 heteroatoms. The first-order chi connectivity index (χ1) is 12.7. The minimum atomic E-state index is -0.166. The van der Waals surface area contributed by atoms with Crippen molar-refractivity contribution in [2.24, 2.45) is 0 Å². The zero-order chi connectivity index (χ0) is 17.9. The van der Waals surface area contributed by atoms with E-state index in [9.17, 15) is 4.79 Å². The number of aromatic nitrogens is 2. The van der Waals surface area contributed by atoms with Crippen LogP contribution in [0, 0.1) is 6.92 Å². The van der Waals surface area contributed by atoms with E-state index in [1.54, 1.807) is 11.3 Å². The van der Waals surface area contributed by atoms with Gasteiger partial charge in [0.15, 0.2) is 5.13 Å². The lowest BCUT2D eigenvalue weighted by Gasteiger charge is -2.03. The molecule has 0 atom stereocenters. The van der Waals surface area contributed by atoms with Crippen molar-refractivity contribution in [3.8, 4) is 21.8 Å². The molecule has 0 fully saturated rings. The standard InChI is InChI=1S/C20H15N3OS2/c1-13-11-25-19(21-13)16-9-7-15(8-10-16)18(24)23-20-22-17(12-26-20)14-5-3-2-4-6-14/h2-12H,1H3,(H,22,23,24). The second-order valence-electron chi connectivity index (χ2n) is 5.73. The molecule has 0 saturated carbocycles. The molecular formula is C20H15N3OS2. The van der Waals surface area contributed by atoms with Gasteiger partial charge in [0.05, 0.1) is 5.69 Å². The number of benzene rings is 2. The molecule has 4 rings (SSSR count). The zero-order valence-electron chi connectivity index (χ0n) is 14.0. The van der Waals surface area contributed by atoms with Gasteiger partial charge in [0, 0.05) is 33.1 Å². The Balaban J connectivity index is 1.47. The van der Waals surface area contributed by atoms with E-state index in [-0.39, 0.29) is 5.91 Å². The van der Waals surface area contributed by atoms with Gasteiger partial charge in [-0.15, -0.1) is 22.7 Å². The second-order valence-corrected chi connectivity index (χ2v) is 7.45. The summed E-state index contributed by atoms with van der Waals surface area (Å²) < 4.78 is 0. The van der Waals surface area contributed by atoms with Crippen LogP contribution in [-0.4, -0.2) is 15.9 Å². The van der Waals surface area contributed by atoms with Crippen LogP contribution in [0.25, 0.3) is 21.8 Å². The molecule has 2 aromatic heterocycles. The number of carbonyl (C=O) groups is 1. The summed E-state index contributed by atoms with van der Waals surface area (Å²) in [5, 5.41) is 8.38. The molecule has 1 amide bonds. The summed E-state index contributed by atoms with van der Waals surface area (Å²) in [6, 6.07) is 17.4. The highest BCUT2D eigenvalue weighted by Gasteiger charge is 2.11. The van der Waals surface area contributed by atoms with Gasteiger partial charge in [0.25, 0.3) is 5.91 Å². The maximum Gasteiger partial charge on any atom is 0.257 e. The van der Waals surface area contributed by atoms with E-state index in [1.165, 1.54) is 11.3 Å². The van der Waals surface area contributed by atoms with E-state index < -0.39 is 0 Å². The number of amides is 1. The van der Waals surface area contributed by atoms with E-state index in [4.69, 9.17) is 0 Å². The molecule has 0 radical (unpaired) electrons. The van der Waals surface area contributed by atoms with Crippen molar-refractivity contribution in [3.63, 3.8) is 0 Å². The average Bonchev–Trinajstić information content (AvgIpc) is 3.32. The third-order valence-corrected chi connectivity index (χ3v) is 5.57. The van der Waals surface area contributed by atoms with E-state index in [1.807, 2.05) is 72.3 Å². The SMILES string of the molecule is Cc1csc(-c2ccc(C(=O)Nc3nc(-c4ccccc4)cs3)cc2)n1. The Kier molecular flexibility index (Phi) is 4.60. The van der Waals surface area contributed by atoms with Gasteiger partial charge >= 0.3 is 0 Å². The molecule has 4 nitrogen and oxygen atoms in total. The van der Waals surface area contributed by atoms with E-state index in [0.29, 0.717) is 10.7 Å². The molecule has 4 aromatic rings. The van der Waals surface area contributed by atoms with Crippen molar-refractivity contribution in [2.75, 3.05) is 5.32 Å². The fourth-order valence-corrected chi connectivity index (χ4v) is 4.01. The first-order valence-corrected chi connectivity index (χ1v) is 9.80. The highest BCUT2D eigenvalue weighted by atomic mass is 32.1. The lowest BCUT2D eigenvalue weighted by molar-refractivity contribution is 0.102. The van der Waals surface area contributed by atoms with E-state index in [0.717, 1.165) is 27.5 Å². The van der Waals surface area contributed by atoms with Gasteiger partial charge in [0.1, 0.15) is 5.01 Å². The third-order valence-electron chi connectivity index (χ3n) is 3.81. The first kappa shape index (κ1) is 16.6. The minimum absolute atomic E-state index is 0.166. The summed E-state index contributed by atoms with van der Waals surface area (Å²) in [4.78, 5) is 21.4. The number of hydrogen-bond acceptors (Lipinski definition) is 5. The zero-order valence-corrected chi connectivity index (χ0v) is 15.6. The Morgan fingerprint density at radius 2 is 1.65 bits per heavy atom. The largest absolute Gasteiger partial charge is 0.298 e. The van der Waals surface area contributed by atoms with Crippen LogP contribution >= 0.6 is 22.7 Å². The maximum absolute atomic E-state index is 12.5. The predicted molar refractivity (Wildman–Crippen MR) is 108 cm³/mol. The molecule has 0 bridgehead atoms. The molecule has 0 aliphatic heterocycles. The molecule has 0 unspecified atom stereocenters. The highest BCUT2D eigenvalue weighted by Crippen LogP contribution is 2.26. The van der Waals surface area contributed by atoms with Crippen LogP contribution < -0.4 is 5.32 Å². The van der Waals surface area contributed by atoms with Crippen LogP contribution in [0.3, 0.4) is 0 Å². The molecule has 2 heterocycles. The second kappa shape index (κ2) is 7.19. The summed E-state index contributed by atoms with van der Waals surface area (Å²) in [5.74, 6) is -0.166. The summed E-state index contributed by atoms with van der Waals surface area (Å²) in [5.41, 5.74) is 4.51. The molecule has 1 N–H and O–H groups in total. The lowest BCUT2D eigenvalue weighted by atomic mass is 10.1. The monoisotopic (exact) mass is 377 g/mol. The predicted octanol–water partition coefficient (Wildman–Crippen LogP) is 5.49. The number of nitrogens with one attached hydrogen (secondary N) is 1. The Labute approximate surface area is 159 Å². The maximum atomic E-state index is 12.5. The van der Waals surface area contributed by atoms with Crippen molar-refractivity contribution in [1.82, 2.24) is 9.97 Å². The van der Waals surface area contributed by atoms with Crippen LogP contribution in [0.15, 0.2) is 65.4 Å². The number of nitrogens with zero attached hydrogens (tertiary/aromatic N) is 2. The number of carbonyl (C=O) groups excluding carboxylic acids is 1. The van der Waals surface area contributed by atoms with Crippen molar-refractivity contribution in [1.29, 1.82) is 0 Å². The van der Waals surface area contributed by atoms with Crippen molar-refractivity contribution < 1.29 is 4.79 Å². The fraction of sp³-hybridized carbons (Fsp3) is 0.0500. The van der Waals surface area contributed by atoms with Crippen LogP contribution in [0.2, 0.25) is 0 Å². The molecule has 0 saturated heterocycles. The number of hydrogen-bond donors (Lipinski definition) is 1. The first-order valence-electron chi connectivity index (χ1n) is 8.04. The highest BCUT2D eigenvalue weighted by molar-refractivity contribution is 7.14. The van der Waals surface area contributed by atoms with Crippen LogP contribution in [-0.2, 0) is 0 Å². The van der Waals surface area contributed by atoms with Crippen molar-refractivity contribution >= 4 is 33.7 Å². The van der Waals surface area contributed by atoms with Crippen molar-refractivity contribution in [3.05, 3.63) is 76.6 Å². The Morgan fingerprint density at radius 1 is 0.885 bits per heavy atom. The van der Waals surface area contributed by atoms with E-state index in [2.05, 4.69) is 15.3 Å². The number of thiazole rings is 2. The number of aryl methyl sites for hydroxylation is 1. The quantitative estimate of drug-likeness (QED) is 0.511. The summed E-state index contributed by atoms with van der Waals surface area (Å²) in [7, 11) is 0. The van der Waals surface area contributed by atoms with Gasteiger partial charge in [-0.2, -0.15) is 0 Å². The van der Waals surface area contributed by atoms with Gasteiger partial charge in [-0.3, -0.25) is 10.1 Å². The topological polar surface area (TPSA) is 54.9 Å². The fourth-order valence-electron chi connectivity index (χ4n) is 2.49. The molecule has 128 valence electrons. The number of rotatable bonds is 4. The van der Waals surface area contributed by atoms with E-state index >= 15 is 0 Å². The normalized spacial score (nSPS) is 10.7. The smallest absolute Gasteiger partial charge is 0.257 e. The van der Waals surface area contributed by atoms with Crippen molar-refractivity contribution in [2.45, 2.75) is 6.92 Å². The lowest BCUT2D eigenvalue weighted by Crippen LogP contribution is -2.11. The Hall–Kier alpha value is -2.83. The van der Waals surface area contributed by atoms with Crippen LogP contribution in [0.4, 0.5) is 5.13 Å². The molecule has 0 spiro atoms. The molecule has 2 aromatic carbocycles. The molecule has 26 heavy (non-hydrogen) atoms. The van der Waals surface area contributed by atoms with Gasteiger partial charge in [-0.05, 0) is 19.1 Å². The van der Waals surface area contributed by atoms with Gasteiger partial charge in [0.2, 0.25) is 0 Å². The Morgan fingerprint density at radius 3 is 2.35 bits per heavy atom. The molecular weight excluding hydrogens is 362 g/mol. The summed E-state index contributed by atoms with van der Waals surface area (Å²) in [6.07, 6.45) is 0. The van der Waals surface area contributed by atoms with Gasteiger partial charge in [-0.25, -0.2) is 9.97 Å². The third kappa shape index (κ3) is 3.56. The van der Waals surface area contributed by atoms with Crippen LogP contribution in [0.1, 0.15) is 16.1 Å².